The second kappa shape index (κ2) is 9.34. The Labute approximate surface area is 245 Å². The Morgan fingerprint density at radius 3 is 2.26 bits per heavy atom. The number of phenolic OH excluding ortho intramolecular Hbond substituents is 3. The molecule has 8 atom stereocenters. The predicted molar refractivity (Wildman–Crippen MR) is 146 cm³/mol. The van der Waals surface area contributed by atoms with Crippen LogP contribution in [0.3, 0.4) is 0 Å². The van der Waals surface area contributed by atoms with E-state index in [1.165, 1.54) is 27.0 Å². The van der Waals surface area contributed by atoms with Gasteiger partial charge in [-0.25, -0.2) is 0 Å². The number of aromatic hydroxyl groups is 3. The molecule has 0 heterocycles. The number of ether oxygens (including phenoxy) is 1. The van der Waals surface area contributed by atoms with Crippen molar-refractivity contribution in [1.29, 1.82) is 0 Å². The Hall–Kier alpha value is -3.81. The topological polar surface area (TPSA) is 222 Å². The van der Waals surface area contributed by atoms with E-state index in [4.69, 9.17) is 4.74 Å². The van der Waals surface area contributed by atoms with Gasteiger partial charge in [0.05, 0.1) is 35.5 Å². The molecular weight excluding hydrogens is 564 g/mol. The fourth-order valence-electron chi connectivity index (χ4n) is 7.47. The number of hydrogen-bond acceptors (Lipinski definition) is 12. The first-order chi connectivity index (χ1) is 20.0. The summed E-state index contributed by atoms with van der Waals surface area (Å²) in [5.41, 5.74) is -5.07. The van der Waals surface area contributed by atoms with Crippen molar-refractivity contribution in [1.82, 2.24) is 0 Å². The molecule has 0 aliphatic heterocycles. The third kappa shape index (κ3) is 3.97. The molecule has 0 spiro atoms. The molecule has 2 aromatic carbocycles. The molecule has 2 aromatic rings. The number of ketones is 3. The van der Waals surface area contributed by atoms with Crippen molar-refractivity contribution in [3.8, 4) is 23.0 Å². The Bertz CT molecular complexity index is 1650. The van der Waals surface area contributed by atoms with Gasteiger partial charge in [-0.2, -0.15) is 0 Å². The quantitative estimate of drug-likeness (QED) is 0.227. The fourth-order valence-corrected chi connectivity index (χ4v) is 7.47. The maximum Gasteiger partial charge on any atom is 0.194 e. The average Bonchev–Trinajstić information content (AvgIpc) is 2.93. The number of carbonyl (C=O) groups excluding carboxylic acids is 3. The number of aliphatic hydroxyl groups is 5. The second-order valence-electron chi connectivity index (χ2n) is 12.6. The van der Waals surface area contributed by atoms with Gasteiger partial charge < -0.3 is 45.6 Å². The van der Waals surface area contributed by atoms with Crippen LogP contribution in [0, 0.1) is 11.8 Å². The minimum absolute atomic E-state index is 0.0217. The van der Waals surface area contributed by atoms with E-state index in [9.17, 15) is 55.2 Å². The molecule has 1 fully saturated rings. The second-order valence-corrected chi connectivity index (χ2v) is 12.6. The number of Topliss-reactive ketones (excluding diaryl/α,β-unsaturated/α-hetero) is 2. The molecule has 0 saturated heterocycles. The predicted octanol–water partition coefficient (Wildman–Crippen LogP) is 0.937. The smallest absolute Gasteiger partial charge is 0.194 e. The summed E-state index contributed by atoms with van der Waals surface area (Å²) < 4.78 is 5.19. The highest BCUT2D eigenvalue weighted by Crippen LogP contribution is 2.58. The van der Waals surface area contributed by atoms with Crippen molar-refractivity contribution in [3.63, 3.8) is 0 Å². The van der Waals surface area contributed by atoms with Gasteiger partial charge in [0.2, 0.25) is 0 Å². The first-order valence-electron chi connectivity index (χ1n) is 13.9. The summed E-state index contributed by atoms with van der Waals surface area (Å²) in [6, 6.07) is 2.23. The highest BCUT2D eigenvalue weighted by molar-refractivity contribution is 6.26. The van der Waals surface area contributed by atoms with Crippen molar-refractivity contribution >= 4 is 17.3 Å². The SMILES string of the molecule is COc1cc(O)c2c(c1O)[C@H](C1=CC(=O)c3cc4c(c(O)c3C1=O)C[C@](C)(O)[C@H](O)[C@H]4O)[C@H]1C[C@](C)(O)[C@H](O)C[C@H]1C2=O. The number of carbonyl (C=O) groups is 3. The molecule has 228 valence electrons. The third-order valence-electron chi connectivity index (χ3n) is 9.79. The van der Waals surface area contributed by atoms with E-state index < -0.39 is 87.4 Å². The molecule has 1 saturated carbocycles. The monoisotopic (exact) mass is 596 g/mol. The normalized spacial score (nSPS) is 35.0. The van der Waals surface area contributed by atoms with Crippen molar-refractivity contribution < 1.29 is 60.0 Å². The van der Waals surface area contributed by atoms with Gasteiger partial charge >= 0.3 is 0 Å². The molecule has 0 amide bonds. The summed E-state index contributed by atoms with van der Waals surface area (Å²) in [5, 5.41) is 86.9. The van der Waals surface area contributed by atoms with Gasteiger partial charge in [-0.1, -0.05) is 0 Å². The zero-order valence-electron chi connectivity index (χ0n) is 23.5. The van der Waals surface area contributed by atoms with Crippen molar-refractivity contribution in [2.24, 2.45) is 11.8 Å². The number of methoxy groups -OCH3 is 1. The number of rotatable bonds is 2. The lowest BCUT2D eigenvalue weighted by Crippen LogP contribution is -2.53. The van der Waals surface area contributed by atoms with Crippen molar-refractivity contribution in [3.05, 3.63) is 57.2 Å². The number of aliphatic hydroxyl groups excluding tert-OH is 3. The van der Waals surface area contributed by atoms with E-state index in [2.05, 4.69) is 0 Å². The highest BCUT2D eigenvalue weighted by atomic mass is 16.5. The summed E-state index contributed by atoms with van der Waals surface area (Å²) in [4.78, 5) is 41.6. The minimum atomic E-state index is -1.87. The molecule has 0 aromatic heterocycles. The standard InChI is InChI=1S/C31H32O12/c1-30(41)8-14-11(6-19(30)34)24(35)22-17(33)7-18(43-3)28(39)23(22)20(14)13-5-16(32)12-4-10-15(26(37)21(12)25(13)36)9-31(2,42)29(40)27(10)38/h4-5,7,11,14,19-20,27,29,33-34,37-42H,6,8-9H2,1-3H3/t11-,14+,19-,20-,27+,29-,30+,31+/m1/s1. The van der Waals surface area contributed by atoms with Crippen molar-refractivity contribution in [2.45, 2.75) is 68.5 Å². The number of fused-ring (bicyclic) bond motifs is 4. The van der Waals surface area contributed by atoms with Crippen LogP contribution in [0.5, 0.6) is 23.0 Å². The van der Waals surface area contributed by atoms with E-state index in [-0.39, 0.29) is 58.4 Å². The Kier molecular flexibility index (Phi) is 6.36. The van der Waals surface area contributed by atoms with Crippen LogP contribution in [0.2, 0.25) is 0 Å². The van der Waals surface area contributed by atoms with Crippen LogP contribution in [0.4, 0.5) is 0 Å². The lowest BCUT2D eigenvalue weighted by atomic mass is 9.56. The van der Waals surface area contributed by atoms with Crippen LogP contribution in [0.25, 0.3) is 0 Å². The van der Waals surface area contributed by atoms with Gasteiger partial charge in [0.25, 0.3) is 0 Å². The molecule has 0 unspecified atom stereocenters. The van der Waals surface area contributed by atoms with E-state index >= 15 is 0 Å². The summed E-state index contributed by atoms with van der Waals surface area (Å²) in [6.45, 7) is 2.62. The van der Waals surface area contributed by atoms with Gasteiger partial charge in [0.15, 0.2) is 28.8 Å². The van der Waals surface area contributed by atoms with Gasteiger partial charge in [0.1, 0.15) is 23.7 Å². The largest absolute Gasteiger partial charge is 0.507 e. The van der Waals surface area contributed by atoms with Crippen LogP contribution in [0.15, 0.2) is 23.8 Å². The molecule has 4 aliphatic rings. The number of hydrogen-bond donors (Lipinski definition) is 8. The molecule has 4 aliphatic carbocycles. The first kappa shape index (κ1) is 29.3. The maximum atomic E-state index is 14.3. The molecule has 6 rings (SSSR count). The van der Waals surface area contributed by atoms with Crippen molar-refractivity contribution in [2.75, 3.05) is 7.11 Å². The van der Waals surface area contributed by atoms with Crippen LogP contribution in [-0.2, 0) is 6.42 Å². The molecule has 43 heavy (non-hydrogen) atoms. The molecule has 0 radical (unpaired) electrons. The van der Waals surface area contributed by atoms with E-state index in [1.807, 2.05) is 0 Å². The van der Waals surface area contributed by atoms with Crippen LogP contribution in [-0.4, -0.2) is 88.7 Å². The number of phenols is 3. The molecule has 0 bridgehead atoms. The average molecular weight is 597 g/mol. The van der Waals surface area contributed by atoms with Crippen LogP contribution in [0.1, 0.15) is 86.5 Å². The molecule has 12 nitrogen and oxygen atoms in total. The molecule has 8 N–H and O–H groups in total. The summed E-state index contributed by atoms with van der Waals surface area (Å²) in [6.07, 6.45) is -4.42. The van der Waals surface area contributed by atoms with Gasteiger partial charge in [0, 0.05) is 46.6 Å². The van der Waals surface area contributed by atoms with Crippen LogP contribution >= 0.6 is 0 Å². The van der Waals surface area contributed by atoms with Gasteiger partial charge in [-0.05, 0) is 50.3 Å². The van der Waals surface area contributed by atoms with E-state index in [0.29, 0.717) is 0 Å². The lowest BCUT2D eigenvalue weighted by molar-refractivity contribution is -0.125. The maximum absolute atomic E-state index is 14.3. The highest BCUT2D eigenvalue weighted by Gasteiger charge is 2.56. The first-order valence-corrected chi connectivity index (χ1v) is 13.9. The van der Waals surface area contributed by atoms with E-state index in [1.54, 1.807) is 0 Å². The van der Waals surface area contributed by atoms with Crippen LogP contribution < -0.4 is 4.74 Å². The molecule has 12 heteroatoms. The van der Waals surface area contributed by atoms with E-state index in [0.717, 1.165) is 12.1 Å². The Balaban J connectivity index is 1.59. The Morgan fingerprint density at radius 2 is 1.60 bits per heavy atom. The summed E-state index contributed by atoms with van der Waals surface area (Å²) in [7, 11) is 1.22. The fraction of sp³-hybridized carbons (Fsp3) is 0.452. The van der Waals surface area contributed by atoms with Gasteiger partial charge in [-0.15, -0.1) is 0 Å². The summed E-state index contributed by atoms with van der Waals surface area (Å²) in [5.74, 6) is -7.44. The lowest BCUT2D eigenvalue weighted by Gasteiger charge is -2.49. The van der Waals surface area contributed by atoms with Gasteiger partial charge in [-0.3, -0.25) is 14.4 Å². The third-order valence-corrected chi connectivity index (χ3v) is 9.79. The number of benzene rings is 2. The zero-order valence-corrected chi connectivity index (χ0v) is 23.5. The molecular formula is C31H32O12. The number of allylic oxidation sites excluding steroid dienone is 2. The summed E-state index contributed by atoms with van der Waals surface area (Å²) >= 11 is 0. The Morgan fingerprint density at radius 1 is 0.930 bits per heavy atom. The minimum Gasteiger partial charge on any atom is -0.507 e. The zero-order chi connectivity index (χ0) is 31.5.